The number of carbonyl (C=O) groups is 1. The summed E-state index contributed by atoms with van der Waals surface area (Å²) in [5.74, 6) is 1.23. The molecule has 0 aliphatic carbocycles. The molecular formula is C18H19FN2O2. The number of amides is 1. The molecule has 1 amide bonds. The van der Waals surface area contributed by atoms with E-state index < -0.39 is 0 Å². The van der Waals surface area contributed by atoms with E-state index in [0.29, 0.717) is 17.6 Å². The van der Waals surface area contributed by atoms with Gasteiger partial charge in [-0.25, -0.2) is 4.39 Å². The van der Waals surface area contributed by atoms with E-state index in [1.54, 1.807) is 24.3 Å². The Morgan fingerprint density at radius 1 is 1.13 bits per heavy atom. The van der Waals surface area contributed by atoms with Crippen LogP contribution in [0.4, 0.5) is 4.39 Å². The quantitative estimate of drug-likeness (QED) is 0.874. The van der Waals surface area contributed by atoms with Crippen molar-refractivity contribution in [3.8, 4) is 0 Å². The lowest BCUT2D eigenvalue weighted by Gasteiger charge is -2.21. The number of hydrogen-bond acceptors (Lipinski definition) is 3. The molecule has 5 heteroatoms. The summed E-state index contributed by atoms with van der Waals surface area (Å²) >= 11 is 0. The fraction of sp³-hybridized carbons (Fsp3) is 0.389. The molecule has 4 nitrogen and oxygen atoms in total. The zero-order valence-corrected chi connectivity index (χ0v) is 12.8. The first-order valence-corrected chi connectivity index (χ1v) is 7.98. The molecule has 2 fully saturated rings. The predicted octanol–water partition coefficient (Wildman–Crippen LogP) is 2.62. The predicted molar refractivity (Wildman–Crippen MR) is 83.3 cm³/mol. The molecule has 2 aromatic rings. The molecule has 2 aliphatic rings. The first-order chi connectivity index (χ1) is 11.2. The molecule has 0 radical (unpaired) electrons. The van der Waals surface area contributed by atoms with Crippen molar-refractivity contribution in [2.75, 3.05) is 26.2 Å². The first kappa shape index (κ1) is 14.5. The molecule has 0 bridgehead atoms. The van der Waals surface area contributed by atoms with Crippen LogP contribution >= 0.6 is 0 Å². The van der Waals surface area contributed by atoms with Crippen molar-refractivity contribution in [1.29, 1.82) is 0 Å². The molecule has 2 aliphatic heterocycles. The van der Waals surface area contributed by atoms with Crippen molar-refractivity contribution < 1.29 is 13.6 Å². The SMILES string of the molecule is O=C(c1ccco1)N1C[C@H]2CN(Cc3cccc(F)c3)C[C@@H]2C1. The van der Waals surface area contributed by atoms with Crippen LogP contribution in [-0.4, -0.2) is 41.9 Å². The van der Waals surface area contributed by atoms with E-state index in [-0.39, 0.29) is 11.7 Å². The van der Waals surface area contributed by atoms with E-state index in [9.17, 15) is 9.18 Å². The molecule has 4 rings (SSSR count). The third-order valence-electron chi connectivity index (χ3n) is 4.88. The standard InChI is InChI=1S/C18H19FN2O2/c19-16-4-1-3-13(7-16)8-20-9-14-11-21(12-15(14)10-20)18(22)17-5-2-6-23-17/h1-7,14-15H,8-12H2/t14-,15-/m1/s1. The second-order valence-electron chi connectivity index (χ2n) is 6.53. The summed E-state index contributed by atoms with van der Waals surface area (Å²) in [5.41, 5.74) is 1.01. The minimum Gasteiger partial charge on any atom is -0.459 e. The van der Waals surface area contributed by atoms with Crippen molar-refractivity contribution in [3.63, 3.8) is 0 Å². The Morgan fingerprint density at radius 3 is 2.57 bits per heavy atom. The maximum atomic E-state index is 13.3. The van der Waals surface area contributed by atoms with Gasteiger partial charge in [0.1, 0.15) is 5.82 Å². The van der Waals surface area contributed by atoms with Gasteiger partial charge in [0.05, 0.1) is 6.26 Å². The summed E-state index contributed by atoms with van der Waals surface area (Å²) in [7, 11) is 0. The number of halogens is 1. The van der Waals surface area contributed by atoms with Gasteiger partial charge in [-0.2, -0.15) is 0 Å². The number of likely N-dealkylation sites (tertiary alicyclic amines) is 2. The molecule has 0 unspecified atom stereocenters. The molecule has 2 saturated heterocycles. The Morgan fingerprint density at radius 2 is 1.91 bits per heavy atom. The number of nitrogens with zero attached hydrogens (tertiary/aromatic N) is 2. The summed E-state index contributed by atoms with van der Waals surface area (Å²) in [6.45, 7) is 4.26. The van der Waals surface area contributed by atoms with E-state index in [4.69, 9.17) is 4.42 Å². The van der Waals surface area contributed by atoms with Crippen molar-refractivity contribution >= 4 is 5.91 Å². The van der Waals surface area contributed by atoms with E-state index >= 15 is 0 Å². The molecule has 120 valence electrons. The average Bonchev–Trinajstić information content (AvgIpc) is 3.22. The van der Waals surface area contributed by atoms with Crippen LogP contribution in [0.25, 0.3) is 0 Å². The van der Waals surface area contributed by atoms with Gasteiger partial charge in [-0.3, -0.25) is 9.69 Å². The number of benzene rings is 1. The van der Waals surface area contributed by atoms with Gasteiger partial charge < -0.3 is 9.32 Å². The van der Waals surface area contributed by atoms with Crippen LogP contribution in [0, 0.1) is 17.7 Å². The first-order valence-electron chi connectivity index (χ1n) is 7.98. The van der Waals surface area contributed by atoms with Gasteiger partial charge in [0.25, 0.3) is 5.91 Å². The third-order valence-corrected chi connectivity index (χ3v) is 4.88. The van der Waals surface area contributed by atoms with Crippen LogP contribution in [-0.2, 0) is 6.54 Å². The van der Waals surface area contributed by atoms with Gasteiger partial charge in [0.2, 0.25) is 0 Å². The molecule has 1 aromatic carbocycles. The monoisotopic (exact) mass is 314 g/mol. The fourth-order valence-electron chi connectivity index (χ4n) is 3.83. The fourth-order valence-corrected chi connectivity index (χ4v) is 3.83. The normalized spacial score (nSPS) is 24.1. The van der Waals surface area contributed by atoms with E-state index in [0.717, 1.165) is 38.3 Å². The van der Waals surface area contributed by atoms with Crippen LogP contribution in [0.5, 0.6) is 0 Å². The Bertz CT molecular complexity index is 687. The van der Waals surface area contributed by atoms with Crippen molar-refractivity contribution in [2.45, 2.75) is 6.54 Å². The minimum absolute atomic E-state index is 0.0129. The molecule has 0 spiro atoms. The van der Waals surface area contributed by atoms with Crippen LogP contribution in [0.2, 0.25) is 0 Å². The highest BCUT2D eigenvalue weighted by Crippen LogP contribution is 2.32. The Labute approximate surface area is 134 Å². The lowest BCUT2D eigenvalue weighted by molar-refractivity contribution is 0.0742. The smallest absolute Gasteiger partial charge is 0.289 e. The molecule has 0 N–H and O–H groups in total. The second-order valence-corrected chi connectivity index (χ2v) is 6.53. The number of rotatable bonds is 3. The highest BCUT2D eigenvalue weighted by Gasteiger charge is 2.41. The molecule has 1 aromatic heterocycles. The van der Waals surface area contributed by atoms with Gasteiger partial charge in [-0.15, -0.1) is 0 Å². The molecule has 0 saturated carbocycles. The lowest BCUT2D eigenvalue weighted by Crippen LogP contribution is -2.32. The van der Waals surface area contributed by atoms with Crippen molar-refractivity contribution in [3.05, 3.63) is 59.8 Å². The molecule has 3 heterocycles. The summed E-state index contributed by atoms with van der Waals surface area (Å²) < 4.78 is 18.5. The van der Waals surface area contributed by atoms with Gasteiger partial charge >= 0.3 is 0 Å². The van der Waals surface area contributed by atoms with Gasteiger partial charge in [0.15, 0.2) is 5.76 Å². The molecule has 2 atom stereocenters. The molecular weight excluding hydrogens is 295 g/mol. The largest absolute Gasteiger partial charge is 0.459 e. The lowest BCUT2D eigenvalue weighted by atomic mass is 10.0. The maximum absolute atomic E-state index is 13.3. The van der Waals surface area contributed by atoms with Gasteiger partial charge in [0, 0.05) is 32.7 Å². The second kappa shape index (κ2) is 5.81. The Kier molecular flexibility index (Phi) is 3.65. The topological polar surface area (TPSA) is 36.7 Å². The summed E-state index contributed by atoms with van der Waals surface area (Å²) in [6.07, 6.45) is 1.53. The average molecular weight is 314 g/mol. The number of furan rings is 1. The third kappa shape index (κ3) is 2.88. The number of carbonyl (C=O) groups excluding carboxylic acids is 1. The summed E-state index contributed by atoms with van der Waals surface area (Å²) in [5, 5.41) is 0. The summed E-state index contributed by atoms with van der Waals surface area (Å²) in [6, 6.07) is 10.2. The van der Waals surface area contributed by atoms with E-state index in [2.05, 4.69) is 4.90 Å². The maximum Gasteiger partial charge on any atom is 0.289 e. The van der Waals surface area contributed by atoms with E-state index in [1.165, 1.54) is 12.3 Å². The van der Waals surface area contributed by atoms with Crippen molar-refractivity contribution in [1.82, 2.24) is 9.80 Å². The molecule has 23 heavy (non-hydrogen) atoms. The Hall–Kier alpha value is -2.14. The van der Waals surface area contributed by atoms with E-state index in [1.807, 2.05) is 11.0 Å². The summed E-state index contributed by atoms with van der Waals surface area (Å²) in [4.78, 5) is 16.6. The van der Waals surface area contributed by atoms with Gasteiger partial charge in [-0.1, -0.05) is 12.1 Å². The van der Waals surface area contributed by atoms with Crippen LogP contribution in [0.15, 0.2) is 47.1 Å². The zero-order chi connectivity index (χ0) is 15.8. The number of hydrogen-bond donors (Lipinski definition) is 0. The van der Waals surface area contributed by atoms with Crippen molar-refractivity contribution in [2.24, 2.45) is 11.8 Å². The van der Waals surface area contributed by atoms with Crippen LogP contribution < -0.4 is 0 Å². The highest BCUT2D eigenvalue weighted by molar-refractivity contribution is 5.91. The zero-order valence-electron chi connectivity index (χ0n) is 12.8. The van der Waals surface area contributed by atoms with Gasteiger partial charge in [-0.05, 0) is 41.7 Å². The minimum atomic E-state index is -0.183. The highest BCUT2D eigenvalue weighted by atomic mass is 19.1. The Balaban J connectivity index is 1.36. The number of fused-ring (bicyclic) bond motifs is 1. The van der Waals surface area contributed by atoms with Crippen LogP contribution in [0.1, 0.15) is 16.1 Å². The van der Waals surface area contributed by atoms with Crippen LogP contribution in [0.3, 0.4) is 0 Å².